The molecule has 1 aromatic heterocycles. The van der Waals surface area contributed by atoms with Crippen LogP contribution in [0, 0.1) is 0 Å². The lowest BCUT2D eigenvalue weighted by molar-refractivity contribution is -0.143. The fourth-order valence-corrected chi connectivity index (χ4v) is 1.23. The van der Waals surface area contributed by atoms with E-state index in [0.29, 0.717) is 0 Å². The summed E-state index contributed by atoms with van der Waals surface area (Å²) >= 11 is 0. The Morgan fingerprint density at radius 2 is 2.07 bits per heavy atom. The maximum atomic E-state index is 12.3. The van der Waals surface area contributed by atoms with Crippen LogP contribution in [0.3, 0.4) is 0 Å². The number of rotatable bonds is 3. The van der Waals surface area contributed by atoms with Gasteiger partial charge in [0.2, 0.25) is 0 Å². The van der Waals surface area contributed by atoms with Crippen molar-refractivity contribution in [2.24, 2.45) is 0 Å². The number of aromatic nitrogens is 1. The first kappa shape index (κ1) is 11.0. The molecule has 6 heteroatoms. The molecule has 0 saturated heterocycles. The minimum Gasteiger partial charge on any atom is -0.359 e. The zero-order chi connectivity index (χ0) is 10.8. The summed E-state index contributed by atoms with van der Waals surface area (Å²) in [6.45, 7) is 1.90. The van der Waals surface area contributed by atoms with Gasteiger partial charge in [-0.2, -0.15) is 13.2 Å². The first-order valence-corrected chi connectivity index (χ1v) is 4.20. The predicted octanol–water partition coefficient (Wildman–Crippen LogP) is 1.98. The Hall–Kier alpha value is -1.04. The van der Waals surface area contributed by atoms with E-state index in [0.717, 1.165) is 0 Å². The summed E-state index contributed by atoms with van der Waals surface area (Å²) in [5.41, 5.74) is -0.780. The highest BCUT2D eigenvalue weighted by Gasteiger charge is 2.38. The Bertz CT molecular complexity index is 306. The molecule has 1 rings (SSSR count). The number of hydrogen-bond acceptors (Lipinski definition) is 3. The van der Waals surface area contributed by atoms with Gasteiger partial charge in [0, 0.05) is 5.56 Å². The third-order valence-electron chi connectivity index (χ3n) is 1.83. The van der Waals surface area contributed by atoms with Crippen LogP contribution in [0.1, 0.15) is 23.9 Å². The third kappa shape index (κ3) is 2.06. The molecule has 14 heavy (non-hydrogen) atoms. The van der Waals surface area contributed by atoms with Gasteiger partial charge in [-0.25, -0.2) is 0 Å². The molecule has 0 aliphatic rings. The Balaban J connectivity index is 3.07. The molecule has 0 aliphatic carbocycles. The molecular formula is C8H11F3N2O. The lowest BCUT2D eigenvalue weighted by Gasteiger charge is -2.03. The monoisotopic (exact) mass is 208 g/mol. The van der Waals surface area contributed by atoms with Gasteiger partial charge in [0.15, 0.2) is 11.5 Å². The molecule has 1 aromatic rings. The number of hydrogen-bond donors (Lipinski definition) is 1. The zero-order valence-electron chi connectivity index (χ0n) is 7.90. The molecule has 0 aromatic carbocycles. The van der Waals surface area contributed by atoms with Gasteiger partial charge in [0.1, 0.15) is 0 Å². The molecule has 1 N–H and O–H groups in total. The zero-order valence-corrected chi connectivity index (χ0v) is 7.90. The van der Waals surface area contributed by atoms with E-state index >= 15 is 0 Å². The van der Waals surface area contributed by atoms with Gasteiger partial charge in [-0.1, -0.05) is 12.1 Å². The smallest absolute Gasteiger partial charge is 0.359 e. The van der Waals surface area contributed by atoms with Crippen LogP contribution in [0.15, 0.2) is 4.52 Å². The van der Waals surface area contributed by atoms with Gasteiger partial charge in [0.05, 0.1) is 6.54 Å². The number of nitrogens with zero attached hydrogens (tertiary/aromatic N) is 1. The molecule has 0 fully saturated rings. The second-order valence-electron chi connectivity index (χ2n) is 2.81. The molecule has 1 heterocycles. The lowest BCUT2D eigenvalue weighted by atomic mass is 10.1. The average Bonchev–Trinajstić information content (AvgIpc) is 2.47. The number of alkyl halides is 3. The maximum Gasteiger partial charge on any atom is 0.437 e. The molecule has 80 valence electrons. The van der Waals surface area contributed by atoms with Gasteiger partial charge >= 0.3 is 6.18 Å². The van der Waals surface area contributed by atoms with E-state index in [1.165, 1.54) is 0 Å². The van der Waals surface area contributed by atoms with Crippen LogP contribution in [0.2, 0.25) is 0 Å². The summed E-state index contributed by atoms with van der Waals surface area (Å²) in [5.74, 6) is 0.252. The van der Waals surface area contributed by atoms with Crippen molar-refractivity contribution >= 4 is 0 Å². The van der Waals surface area contributed by atoms with E-state index in [1.54, 1.807) is 14.0 Å². The Morgan fingerprint density at radius 3 is 2.50 bits per heavy atom. The van der Waals surface area contributed by atoms with Crippen molar-refractivity contribution in [3.63, 3.8) is 0 Å². The van der Waals surface area contributed by atoms with Crippen molar-refractivity contribution in [2.45, 2.75) is 26.1 Å². The molecule has 0 unspecified atom stereocenters. The first-order chi connectivity index (χ1) is 6.50. The molecule has 0 atom stereocenters. The summed E-state index contributed by atoms with van der Waals surface area (Å²) < 4.78 is 41.7. The Morgan fingerprint density at radius 1 is 1.43 bits per heavy atom. The Kier molecular flexibility index (Phi) is 3.15. The van der Waals surface area contributed by atoms with Crippen molar-refractivity contribution in [3.8, 4) is 0 Å². The van der Waals surface area contributed by atoms with Crippen molar-refractivity contribution in [3.05, 3.63) is 17.0 Å². The lowest BCUT2D eigenvalue weighted by Crippen LogP contribution is -2.10. The Labute approximate surface area is 79.3 Å². The minimum atomic E-state index is -4.43. The second kappa shape index (κ2) is 4.00. The SMILES string of the molecule is CCc1c(C(F)(F)F)noc1CNC. The van der Waals surface area contributed by atoms with E-state index in [9.17, 15) is 13.2 Å². The summed E-state index contributed by atoms with van der Waals surface area (Å²) in [6, 6.07) is 0. The highest BCUT2D eigenvalue weighted by molar-refractivity contribution is 5.25. The first-order valence-electron chi connectivity index (χ1n) is 4.20. The van der Waals surface area contributed by atoms with Crippen molar-refractivity contribution < 1.29 is 17.7 Å². The standard InChI is InChI=1S/C8H11F3N2O/c1-3-5-6(4-12-2)14-13-7(5)8(9,10)11/h12H,3-4H2,1-2H3. The van der Waals surface area contributed by atoms with Gasteiger partial charge in [-0.15, -0.1) is 0 Å². The van der Waals surface area contributed by atoms with Gasteiger partial charge in [-0.05, 0) is 13.5 Å². The predicted molar refractivity (Wildman–Crippen MR) is 43.6 cm³/mol. The normalized spacial score (nSPS) is 12.1. The number of halogens is 3. The van der Waals surface area contributed by atoms with E-state index in [1.807, 2.05) is 0 Å². The van der Waals surface area contributed by atoms with Crippen molar-refractivity contribution in [1.29, 1.82) is 0 Å². The van der Waals surface area contributed by atoms with Crippen LogP contribution in [-0.2, 0) is 19.1 Å². The van der Waals surface area contributed by atoms with Gasteiger partial charge in [0.25, 0.3) is 0 Å². The number of nitrogens with one attached hydrogen (secondary N) is 1. The third-order valence-corrected chi connectivity index (χ3v) is 1.83. The summed E-state index contributed by atoms with van der Waals surface area (Å²) in [7, 11) is 1.63. The van der Waals surface area contributed by atoms with E-state index in [4.69, 9.17) is 0 Å². The van der Waals surface area contributed by atoms with Gasteiger partial charge in [-0.3, -0.25) is 0 Å². The molecule has 0 bridgehead atoms. The molecular weight excluding hydrogens is 197 g/mol. The summed E-state index contributed by atoms with van der Waals surface area (Å²) in [5, 5.41) is 5.76. The average molecular weight is 208 g/mol. The second-order valence-corrected chi connectivity index (χ2v) is 2.81. The van der Waals surface area contributed by atoms with Crippen LogP contribution < -0.4 is 5.32 Å². The molecule has 0 amide bonds. The van der Waals surface area contributed by atoms with Crippen LogP contribution in [-0.4, -0.2) is 12.2 Å². The molecule has 0 spiro atoms. The van der Waals surface area contributed by atoms with Crippen LogP contribution in [0.5, 0.6) is 0 Å². The molecule has 0 radical (unpaired) electrons. The highest BCUT2D eigenvalue weighted by Crippen LogP contribution is 2.32. The highest BCUT2D eigenvalue weighted by atomic mass is 19.4. The fraction of sp³-hybridized carbons (Fsp3) is 0.625. The quantitative estimate of drug-likeness (QED) is 0.825. The van der Waals surface area contributed by atoms with E-state index in [2.05, 4.69) is 15.0 Å². The van der Waals surface area contributed by atoms with Crippen LogP contribution >= 0.6 is 0 Å². The minimum absolute atomic E-state index is 0.131. The van der Waals surface area contributed by atoms with Crippen molar-refractivity contribution in [2.75, 3.05) is 7.05 Å². The van der Waals surface area contributed by atoms with Crippen LogP contribution in [0.25, 0.3) is 0 Å². The fourth-order valence-electron chi connectivity index (χ4n) is 1.23. The molecule has 0 saturated carbocycles. The van der Waals surface area contributed by atoms with Crippen molar-refractivity contribution in [1.82, 2.24) is 10.5 Å². The maximum absolute atomic E-state index is 12.3. The largest absolute Gasteiger partial charge is 0.437 e. The van der Waals surface area contributed by atoms with Crippen LogP contribution in [0.4, 0.5) is 13.2 Å². The summed E-state index contributed by atoms with van der Waals surface area (Å²) in [6.07, 6.45) is -4.17. The summed E-state index contributed by atoms with van der Waals surface area (Å²) in [4.78, 5) is 0. The van der Waals surface area contributed by atoms with E-state index in [-0.39, 0.29) is 24.3 Å². The topological polar surface area (TPSA) is 38.1 Å². The molecule has 0 aliphatic heterocycles. The van der Waals surface area contributed by atoms with Gasteiger partial charge < -0.3 is 9.84 Å². The molecule has 3 nitrogen and oxygen atoms in total. The van der Waals surface area contributed by atoms with E-state index < -0.39 is 11.9 Å².